The van der Waals surface area contributed by atoms with Gasteiger partial charge in [-0.1, -0.05) is 32.4 Å². The fourth-order valence-electron chi connectivity index (χ4n) is 1.03. The van der Waals surface area contributed by atoms with Crippen molar-refractivity contribution in [2.75, 3.05) is 7.05 Å². The summed E-state index contributed by atoms with van der Waals surface area (Å²) in [6.45, 7) is 4.43. The zero-order chi connectivity index (χ0) is 8.53. The third kappa shape index (κ3) is 6.11. The van der Waals surface area contributed by atoms with Crippen molar-refractivity contribution in [1.82, 2.24) is 5.32 Å². The molecular formula is C10H21N. The Kier molecular flexibility index (Phi) is 7.59. The van der Waals surface area contributed by atoms with Crippen molar-refractivity contribution in [2.45, 2.75) is 45.6 Å². The quantitative estimate of drug-likeness (QED) is 0.582. The molecule has 0 aliphatic carbocycles. The summed E-state index contributed by atoms with van der Waals surface area (Å²) in [6, 6.07) is 0.670. The molecule has 11 heavy (non-hydrogen) atoms. The first-order chi connectivity index (χ1) is 5.35. The van der Waals surface area contributed by atoms with Crippen molar-refractivity contribution >= 4 is 0 Å². The lowest BCUT2D eigenvalue weighted by molar-refractivity contribution is 0.552. The first kappa shape index (κ1) is 10.7. The smallest absolute Gasteiger partial charge is 0.00959 e. The Morgan fingerprint density at radius 3 is 2.45 bits per heavy atom. The van der Waals surface area contributed by atoms with E-state index < -0.39 is 0 Å². The molecule has 1 unspecified atom stereocenters. The van der Waals surface area contributed by atoms with Gasteiger partial charge in [-0.05, 0) is 26.3 Å². The minimum absolute atomic E-state index is 0.670. The van der Waals surface area contributed by atoms with Gasteiger partial charge in [0.2, 0.25) is 0 Å². The van der Waals surface area contributed by atoms with Crippen molar-refractivity contribution < 1.29 is 0 Å². The molecule has 0 saturated carbocycles. The van der Waals surface area contributed by atoms with Crippen molar-refractivity contribution in [3.63, 3.8) is 0 Å². The third-order valence-electron chi connectivity index (χ3n) is 1.94. The lowest BCUT2D eigenvalue weighted by Crippen LogP contribution is -2.22. The second-order valence-electron chi connectivity index (χ2n) is 2.89. The Balaban J connectivity index is 3.33. The van der Waals surface area contributed by atoms with E-state index in [0.717, 1.165) is 0 Å². The van der Waals surface area contributed by atoms with Gasteiger partial charge in [-0.25, -0.2) is 0 Å². The van der Waals surface area contributed by atoms with E-state index in [4.69, 9.17) is 0 Å². The number of allylic oxidation sites excluding steroid dienone is 1. The SMILES string of the molecule is CCCC=CCC(CC)NC. The van der Waals surface area contributed by atoms with Crippen LogP contribution in [0.4, 0.5) is 0 Å². The van der Waals surface area contributed by atoms with E-state index in [0.29, 0.717) is 6.04 Å². The predicted molar refractivity (Wildman–Crippen MR) is 51.8 cm³/mol. The summed E-state index contributed by atoms with van der Waals surface area (Å²) >= 11 is 0. The zero-order valence-corrected chi connectivity index (χ0v) is 8.06. The number of unbranched alkanes of at least 4 members (excludes halogenated alkanes) is 1. The van der Waals surface area contributed by atoms with Gasteiger partial charge in [0.25, 0.3) is 0 Å². The van der Waals surface area contributed by atoms with E-state index in [9.17, 15) is 0 Å². The number of hydrogen-bond acceptors (Lipinski definition) is 1. The second kappa shape index (κ2) is 7.80. The van der Waals surface area contributed by atoms with Gasteiger partial charge in [0.15, 0.2) is 0 Å². The molecule has 0 fully saturated rings. The molecule has 0 aromatic heterocycles. The average molecular weight is 155 g/mol. The topological polar surface area (TPSA) is 12.0 Å². The number of rotatable bonds is 6. The van der Waals surface area contributed by atoms with Crippen LogP contribution in [-0.4, -0.2) is 13.1 Å². The summed E-state index contributed by atoms with van der Waals surface area (Å²) in [5.74, 6) is 0. The van der Waals surface area contributed by atoms with Crippen LogP contribution >= 0.6 is 0 Å². The molecule has 0 aliphatic rings. The second-order valence-corrected chi connectivity index (χ2v) is 2.89. The predicted octanol–water partition coefficient (Wildman–Crippen LogP) is 2.73. The van der Waals surface area contributed by atoms with Gasteiger partial charge in [0.1, 0.15) is 0 Å². The summed E-state index contributed by atoms with van der Waals surface area (Å²) in [6.07, 6.45) is 9.43. The highest BCUT2D eigenvalue weighted by Crippen LogP contribution is 1.99. The first-order valence-electron chi connectivity index (χ1n) is 4.67. The molecule has 0 aromatic rings. The summed E-state index contributed by atoms with van der Waals surface area (Å²) < 4.78 is 0. The summed E-state index contributed by atoms with van der Waals surface area (Å²) in [5.41, 5.74) is 0. The van der Waals surface area contributed by atoms with Crippen LogP contribution in [0.1, 0.15) is 39.5 Å². The Morgan fingerprint density at radius 1 is 1.27 bits per heavy atom. The standard InChI is InChI=1S/C10H21N/c1-4-6-7-8-9-10(5-2)11-3/h7-8,10-11H,4-6,9H2,1-3H3. The fraction of sp³-hybridized carbons (Fsp3) is 0.800. The molecule has 1 nitrogen and oxygen atoms in total. The van der Waals surface area contributed by atoms with Crippen LogP contribution in [0.3, 0.4) is 0 Å². The summed E-state index contributed by atoms with van der Waals surface area (Å²) in [7, 11) is 2.03. The van der Waals surface area contributed by atoms with E-state index in [1.54, 1.807) is 0 Å². The highest BCUT2D eigenvalue weighted by Gasteiger charge is 1.97. The molecule has 0 amide bonds. The molecule has 1 N–H and O–H groups in total. The van der Waals surface area contributed by atoms with Gasteiger partial charge in [0, 0.05) is 6.04 Å². The van der Waals surface area contributed by atoms with Gasteiger partial charge in [0.05, 0.1) is 0 Å². The normalized spacial score (nSPS) is 14.1. The maximum Gasteiger partial charge on any atom is 0.00959 e. The lowest BCUT2D eigenvalue weighted by Gasteiger charge is -2.09. The molecule has 0 heterocycles. The van der Waals surface area contributed by atoms with Crippen molar-refractivity contribution in [2.24, 2.45) is 0 Å². The molecule has 0 spiro atoms. The van der Waals surface area contributed by atoms with E-state index >= 15 is 0 Å². The van der Waals surface area contributed by atoms with Gasteiger partial charge >= 0.3 is 0 Å². The van der Waals surface area contributed by atoms with E-state index in [1.807, 2.05) is 7.05 Å². The van der Waals surface area contributed by atoms with Gasteiger partial charge in [-0.15, -0.1) is 0 Å². The maximum atomic E-state index is 3.28. The third-order valence-corrected chi connectivity index (χ3v) is 1.94. The van der Waals surface area contributed by atoms with Crippen LogP contribution in [0.2, 0.25) is 0 Å². The molecule has 0 rings (SSSR count). The van der Waals surface area contributed by atoms with Crippen molar-refractivity contribution in [1.29, 1.82) is 0 Å². The summed E-state index contributed by atoms with van der Waals surface area (Å²) in [4.78, 5) is 0. The average Bonchev–Trinajstić information content (AvgIpc) is 2.05. The van der Waals surface area contributed by atoms with Crippen molar-refractivity contribution in [3.8, 4) is 0 Å². The van der Waals surface area contributed by atoms with Crippen LogP contribution in [0.5, 0.6) is 0 Å². The van der Waals surface area contributed by atoms with Crippen LogP contribution in [0.25, 0.3) is 0 Å². The van der Waals surface area contributed by atoms with Crippen molar-refractivity contribution in [3.05, 3.63) is 12.2 Å². The Morgan fingerprint density at radius 2 is 2.00 bits per heavy atom. The Hall–Kier alpha value is -0.300. The largest absolute Gasteiger partial charge is 0.317 e. The van der Waals surface area contributed by atoms with Gasteiger partial charge in [-0.3, -0.25) is 0 Å². The molecule has 0 saturated heterocycles. The Labute approximate surface area is 70.9 Å². The minimum atomic E-state index is 0.670. The molecule has 0 aliphatic heterocycles. The van der Waals surface area contributed by atoms with Crippen LogP contribution in [0, 0.1) is 0 Å². The monoisotopic (exact) mass is 155 g/mol. The fourth-order valence-corrected chi connectivity index (χ4v) is 1.03. The molecule has 1 atom stereocenters. The number of hydrogen-bond donors (Lipinski definition) is 1. The minimum Gasteiger partial charge on any atom is -0.317 e. The summed E-state index contributed by atoms with van der Waals surface area (Å²) in [5, 5.41) is 3.28. The molecule has 0 bridgehead atoms. The van der Waals surface area contributed by atoms with Crippen LogP contribution in [0.15, 0.2) is 12.2 Å². The molecule has 0 aromatic carbocycles. The molecular weight excluding hydrogens is 134 g/mol. The van der Waals surface area contributed by atoms with Gasteiger partial charge < -0.3 is 5.32 Å². The van der Waals surface area contributed by atoms with E-state index in [1.165, 1.54) is 25.7 Å². The highest BCUT2D eigenvalue weighted by molar-refractivity contribution is 4.85. The lowest BCUT2D eigenvalue weighted by atomic mass is 10.1. The van der Waals surface area contributed by atoms with Crippen LogP contribution < -0.4 is 5.32 Å². The molecule has 66 valence electrons. The Bertz CT molecular complexity index is 93.0. The van der Waals surface area contributed by atoms with E-state index in [2.05, 4.69) is 31.3 Å². The zero-order valence-electron chi connectivity index (χ0n) is 8.06. The van der Waals surface area contributed by atoms with E-state index in [-0.39, 0.29) is 0 Å². The van der Waals surface area contributed by atoms with Crippen LogP contribution in [-0.2, 0) is 0 Å². The highest BCUT2D eigenvalue weighted by atomic mass is 14.9. The molecule has 0 radical (unpaired) electrons. The maximum absolute atomic E-state index is 3.28. The van der Waals surface area contributed by atoms with Gasteiger partial charge in [-0.2, -0.15) is 0 Å². The number of nitrogens with one attached hydrogen (secondary N) is 1. The first-order valence-corrected chi connectivity index (χ1v) is 4.67. The molecule has 1 heteroatoms.